The minimum atomic E-state index is -0.0930. The molecule has 0 atom stereocenters. The fourth-order valence-corrected chi connectivity index (χ4v) is 5.54. The van der Waals surface area contributed by atoms with Crippen molar-refractivity contribution >= 4 is 17.1 Å². The molecule has 3 heterocycles. The Morgan fingerprint density at radius 1 is 0.500 bits per heavy atom. The normalized spacial score (nSPS) is 13.4. The molecule has 0 saturated carbocycles. The Hall–Kier alpha value is -5.16. The Morgan fingerprint density at radius 3 is 1.62 bits per heavy atom. The average molecular weight is 518 g/mol. The van der Waals surface area contributed by atoms with Crippen molar-refractivity contribution in [1.29, 1.82) is 0 Å². The van der Waals surface area contributed by atoms with Gasteiger partial charge in [0.25, 0.3) is 0 Å². The molecule has 6 aromatic rings. The largest absolute Gasteiger partial charge is 0.310 e. The van der Waals surface area contributed by atoms with Crippen molar-refractivity contribution in [2.24, 2.45) is 0 Å². The van der Waals surface area contributed by atoms with E-state index in [0.29, 0.717) is 23.2 Å². The summed E-state index contributed by atoms with van der Waals surface area (Å²) in [4.78, 5) is 21.3. The number of nitrogens with zero attached hydrogens (tertiary/aromatic N) is 5. The number of anilines is 3. The fourth-order valence-electron chi connectivity index (χ4n) is 5.54. The standard InChI is InChI=1S/C35H27N5/c1-35(2)27-14-6-8-17-30(27)40(31-18-9-7-15-28(31)35)26-21-19-25(20-22-26)33-37-32(24-12-4-3-5-13-24)38-34(39-33)29-16-10-11-23-36-29/h3-23H,1-2H3. The lowest BCUT2D eigenvalue weighted by molar-refractivity contribution is 0.632. The Kier molecular flexibility index (Phi) is 5.71. The second-order valence-electron chi connectivity index (χ2n) is 10.4. The van der Waals surface area contributed by atoms with Gasteiger partial charge in [0.15, 0.2) is 17.5 Å². The maximum atomic E-state index is 4.87. The molecule has 2 aromatic heterocycles. The van der Waals surface area contributed by atoms with Gasteiger partial charge in [-0.2, -0.15) is 0 Å². The second-order valence-corrected chi connectivity index (χ2v) is 10.4. The van der Waals surface area contributed by atoms with Gasteiger partial charge < -0.3 is 4.90 Å². The van der Waals surface area contributed by atoms with Crippen LogP contribution in [0.1, 0.15) is 25.0 Å². The van der Waals surface area contributed by atoms with E-state index in [2.05, 4.69) is 96.5 Å². The van der Waals surface area contributed by atoms with E-state index in [-0.39, 0.29) is 5.41 Å². The second kappa shape index (κ2) is 9.54. The van der Waals surface area contributed by atoms with E-state index in [1.165, 1.54) is 22.5 Å². The van der Waals surface area contributed by atoms with E-state index in [4.69, 9.17) is 15.0 Å². The zero-order valence-electron chi connectivity index (χ0n) is 22.4. The monoisotopic (exact) mass is 517 g/mol. The van der Waals surface area contributed by atoms with Crippen molar-refractivity contribution < 1.29 is 0 Å². The highest BCUT2D eigenvalue weighted by Gasteiger charge is 2.36. The van der Waals surface area contributed by atoms with Crippen LogP contribution in [0.5, 0.6) is 0 Å². The Balaban J connectivity index is 1.34. The van der Waals surface area contributed by atoms with E-state index in [1.807, 2.05) is 48.5 Å². The molecule has 0 amide bonds. The molecule has 1 aliphatic rings. The zero-order chi connectivity index (χ0) is 27.1. The molecule has 0 unspecified atom stereocenters. The minimum Gasteiger partial charge on any atom is -0.310 e. The number of hydrogen-bond acceptors (Lipinski definition) is 5. The van der Waals surface area contributed by atoms with Gasteiger partial charge in [0.05, 0.1) is 11.4 Å². The molecule has 7 rings (SSSR count). The molecule has 0 fully saturated rings. The summed E-state index contributed by atoms with van der Waals surface area (Å²) < 4.78 is 0. The quantitative estimate of drug-likeness (QED) is 0.235. The van der Waals surface area contributed by atoms with Crippen molar-refractivity contribution in [2.75, 3.05) is 4.90 Å². The molecular weight excluding hydrogens is 490 g/mol. The molecule has 0 saturated heterocycles. The first-order valence-electron chi connectivity index (χ1n) is 13.4. The highest BCUT2D eigenvalue weighted by atomic mass is 15.2. The van der Waals surface area contributed by atoms with E-state index in [9.17, 15) is 0 Å². The first kappa shape index (κ1) is 23.9. The molecule has 1 aliphatic heterocycles. The highest BCUT2D eigenvalue weighted by Crippen LogP contribution is 2.51. The van der Waals surface area contributed by atoms with Crippen molar-refractivity contribution in [3.8, 4) is 34.3 Å². The van der Waals surface area contributed by atoms with Crippen LogP contribution < -0.4 is 4.90 Å². The van der Waals surface area contributed by atoms with E-state index >= 15 is 0 Å². The van der Waals surface area contributed by atoms with Crippen LogP contribution in [-0.4, -0.2) is 19.9 Å². The number of benzene rings is 4. The van der Waals surface area contributed by atoms with Gasteiger partial charge in [-0.05, 0) is 59.7 Å². The SMILES string of the molecule is CC1(C)c2ccccc2N(c2ccc(-c3nc(-c4ccccc4)nc(-c4ccccn4)n3)cc2)c2ccccc21. The molecule has 0 radical (unpaired) electrons. The Bertz CT molecular complexity index is 1710. The number of pyridine rings is 1. The van der Waals surface area contributed by atoms with Crippen LogP contribution in [0, 0.1) is 0 Å². The van der Waals surface area contributed by atoms with Crippen molar-refractivity contribution in [3.05, 3.63) is 139 Å². The van der Waals surface area contributed by atoms with Crippen molar-refractivity contribution in [3.63, 3.8) is 0 Å². The fraction of sp³-hybridized carbons (Fsp3) is 0.0857. The molecule has 0 bridgehead atoms. The van der Waals surface area contributed by atoms with E-state index in [1.54, 1.807) is 6.20 Å². The molecule has 0 N–H and O–H groups in total. The predicted molar refractivity (Wildman–Crippen MR) is 161 cm³/mol. The maximum Gasteiger partial charge on any atom is 0.182 e. The van der Waals surface area contributed by atoms with Crippen LogP contribution in [0.25, 0.3) is 34.3 Å². The van der Waals surface area contributed by atoms with Gasteiger partial charge >= 0.3 is 0 Å². The van der Waals surface area contributed by atoms with Gasteiger partial charge in [-0.15, -0.1) is 0 Å². The molecular formula is C35H27N5. The van der Waals surface area contributed by atoms with Crippen LogP contribution in [0.15, 0.2) is 128 Å². The number of fused-ring (bicyclic) bond motifs is 2. The van der Waals surface area contributed by atoms with Gasteiger partial charge in [0, 0.05) is 28.4 Å². The van der Waals surface area contributed by atoms with Gasteiger partial charge in [-0.25, -0.2) is 15.0 Å². The summed E-state index contributed by atoms with van der Waals surface area (Å²) in [5, 5.41) is 0. The summed E-state index contributed by atoms with van der Waals surface area (Å²) >= 11 is 0. The summed E-state index contributed by atoms with van der Waals surface area (Å²) in [7, 11) is 0. The molecule has 5 nitrogen and oxygen atoms in total. The van der Waals surface area contributed by atoms with Crippen LogP contribution >= 0.6 is 0 Å². The molecule has 5 heteroatoms. The molecule has 4 aromatic carbocycles. The van der Waals surface area contributed by atoms with Crippen LogP contribution in [0.3, 0.4) is 0 Å². The van der Waals surface area contributed by atoms with Crippen molar-refractivity contribution in [2.45, 2.75) is 19.3 Å². The summed E-state index contributed by atoms with van der Waals surface area (Å²) in [6.45, 7) is 4.60. The minimum absolute atomic E-state index is 0.0930. The van der Waals surface area contributed by atoms with Crippen LogP contribution in [0.4, 0.5) is 17.1 Å². The number of hydrogen-bond donors (Lipinski definition) is 0. The molecule has 40 heavy (non-hydrogen) atoms. The smallest absolute Gasteiger partial charge is 0.182 e. The Morgan fingerprint density at radius 2 is 1.02 bits per heavy atom. The first-order chi connectivity index (χ1) is 19.6. The molecule has 0 aliphatic carbocycles. The molecule has 0 spiro atoms. The number of rotatable bonds is 4. The molecule has 192 valence electrons. The predicted octanol–water partition coefficient (Wildman–Crippen LogP) is 8.38. The third kappa shape index (κ3) is 4.03. The maximum absolute atomic E-state index is 4.87. The summed E-state index contributed by atoms with van der Waals surface area (Å²) in [6, 6.07) is 41.6. The zero-order valence-corrected chi connectivity index (χ0v) is 22.4. The highest BCUT2D eigenvalue weighted by molar-refractivity contribution is 5.86. The third-order valence-electron chi connectivity index (χ3n) is 7.58. The van der Waals surface area contributed by atoms with Crippen molar-refractivity contribution in [1.82, 2.24) is 19.9 Å². The summed E-state index contributed by atoms with van der Waals surface area (Å²) in [6.07, 6.45) is 1.76. The lowest BCUT2D eigenvalue weighted by atomic mass is 9.73. The number of aromatic nitrogens is 4. The topological polar surface area (TPSA) is 54.8 Å². The number of para-hydroxylation sites is 2. The Labute approximate surface area is 233 Å². The van der Waals surface area contributed by atoms with E-state index in [0.717, 1.165) is 16.8 Å². The van der Waals surface area contributed by atoms with E-state index < -0.39 is 0 Å². The van der Waals surface area contributed by atoms with Gasteiger partial charge in [-0.3, -0.25) is 4.98 Å². The van der Waals surface area contributed by atoms with Gasteiger partial charge in [0.2, 0.25) is 0 Å². The summed E-state index contributed by atoms with van der Waals surface area (Å²) in [5.41, 5.74) is 8.56. The van der Waals surface area contributed by atoms with Crippen LogP contribution in [-0.2, 0) is 5.41 Å². The van der Waals surface area contributed by atoms with Gasteiger partial charge in [0.1, 0.15) is 5.69 Å². The average Bonchev–Trinajstić information content (AvgIpc) is 3.02. The third-order valence-corrected chi connectivity index (χ3v) is 7.58. The van der Waals surface area contributed by atoms with Crippen LogP contribution in [0.2, 0.25) is 0 Å². The summed E-state index contributed by atoms with van der Waals surface area (Å²) in [5.74, 6) is 1.78. The lowest BCUT2D eigenvalue weighted by Crippen LogP contribution is -2.30. The first-order valence-corrected chi connectivity index (χ1v) is 13.4. The lowest BCUT2D eigenvalue weighted by Gasteiger charge is -2.42. The van der Waals surface area contributed by atoms with Gasteiger partial charge in [-0.1, -0.05) is 86.6 Å².